The normalized spacial score (nSPS) is 20.6. The number of alkyl halides is 4. The van der Waals surface area contributed by atoms with E-state index in [1.807, 2.05) is 0 Å². The lowest BCUT2D eigenvalue weighted by Crippen LogP contribution is -2.44. The first-order valence-corrected chi connectivity index (χ1v) is 12.7. The SMILES string of the molecule is C[C@H]1[C@H](F)C[C@@H](C(=O)CCc2cc(-c3cnc(C(F)(F)F)nc3)ncc2F)N1S(=O)(=O)c1ccc(F)cc1. The molecule has 4 rings (SSSR count). The van der Waals surface area contributed by atoms with E-state index in [0.717, 1.165) is 47.2 Å². The monoisotopic (exact) mass is 558 g/mol. The van der Waals surface area contributed by atoms with Gasteiger partial charge in [0.1, 0.15) is 17.8 Å². The molecule has 202 valence electrons. The summed E-state index contributed by atoms with van der Waals surface area (Å²) < 4.78 is 108. The van der Waals surface area contributed by atoms with E-state index in [4.69, 9.17) is 0 Å². The summed E-state index contributed by atoms with van der Waals surface area (Å²) in [5.41, 5.74) is 0.118. The quantitative estimate of drug-likeness (QED) is 0.396. The molecule has 0 aliphatic carbocycles. The predicted octanol–water partition coefficient (Wildman–Crippen LogP) is 4.53. The zero-order valence-corrected chi connectivity index (χ0v) is 20.5. The standard InChI is InChI=1S/C24H20F6N4O3S/c1-13-18(26)9-21(34(13)38(36,37)17-5-3-16(25)4-6-17)22(35)7-2-14-8-20(31-12-19(14)27)15-10-32-23(33-11-15)24(28,29)30/h3-6,8,10-13,18,21H,2,7,9H2,1H3/t13-,18+,21-/m0/s1. The molecule has 1 aliphatic heterocycles. The van der Waals surface area contributed by atoms with Gasteiger partial charge in [-0.2, -0.15) is 17.5 Å². The maximum absolute atomic E-state index is 14.6. The molecule has 1 saturated heterocycles. The maximum Gasteiger partial charge on any atom is 0.451 e. The molecule has 7 nitrogen and oxygen atoms in total. The summed E-state index contributed by atoms with van der Waals surface area (Å²) in [6.07, 6.45) is -4.76. The van der Waals surface area contributed by atoms with Gasteiger partial charge in [-0.25, -0.2) is 31.6 Å². The van der Waals surface area contributed by atoms with Crippen LogP contribution in [-0.4, -0.2) is 51.7 Å². The van der Waals surface area contributed by atoms with Gasteiger partial charge in [-0.05, 0) is 49.2 Å². The van der Waals surface area contributed by atoms with E-state index in [0.29, 0.717) is 0 Å². The summed E-state index contributed by atoms with van der Waals surface area (Å²) >= 11 is 0. The van der Waals surface area contributed by atoms with E-state index < -0.39 is 64.1 Å². The van der Waals surface area contributed by atoms with Crippen LogP contribution >= 0.6 is 0 Å². The van der Waals surface area contributed by atoms with E-state index in [1.54, 1.807) is 0 Å². The van der Waals surface area contributed by atoms with Crippen LogP contribution in [0.2, 0.25) is 0 Å². The Balaban J connectivity index is 1.53. The highest BCUT2D eigenvalue weighted by Crippen LogP contribution is 2.34. The predicted molar refractivity (Wildman–Crippen MR) is 122 cm³/mol. The van der Waals surface area contributed by atoms with Crippen LogP contribution in [0.3, 0.4) is 0 Å². The average molecular weight is 559 g/mol. The number of carbonyl (C=O) groups excluding carboxylic acids is 1. The molecule has 0 saturated carbocycles. The fraction of sp³-hybridized carbons (Fsp3) is 0.333. The fourth-order valence-electron chi connectivity index (χ4n) is 4.21. The highest BCUT2D eigenvalue weighted by molar-refractivity contribution is 7.89. The second-order valence-electron chi connectivity index (χ2n) is 8.72. The molecule has 0 unspecified atom stereocenters. The summed E-state index contributed by atoms with van der Waals surface area (Å²) in [5, 5.41) is 0. The molecule has 0 spiro atoms. The number of benzene rings is 1. The minimum Gasteiger partial charge on any atom is -0.298 e. The molecule has 0 bridgehead atoms. The molecule has 0 radical (unpaired) electrons. The fourth-order valence-corrected chi connectivity index (χ4v) is 6.04. The minimum atomic E-state index is -4.74. The molecule has 1 aromatic carbocycles. The van der Waals surface area contributed by atoms with E-state index in [2.05, 4.69) is 15.0 Å². The van der Waals surface area contributed by atoms with Crippen LogP contribution in [0.1, 0.15) is 31.2 Å². The zero-order valence-electron chi connectivity index (χ0n) is 19.7. The molecular weight excluding hydrogens is 538 g/mol. The number of aromatic nitrogens is 3. The minimum absolute atomic E-state index is 0.0148. The molecule has 3 heterocycles. The molecule has 38 heavy (non-hydrogen) atoms. The molecule has 3 aromatic rings. The molecular formula is C24H20F6N4O3S. The van der Waals surface area contributed by atoms with Crippen molar-refractivity contribution in [3.8, 4) is 11.3 Å². The van der Waals surface area contributed by atoms with Gasteiger partial charge >= 0.3 is 6.18 Å². The summed E-state index contributed by atoms with van der Waals surface area (Å²) in [5.74, 6) is -3.48. The Morgan fingerprint density at radius 3 is 2.29 bits per heavy atom. The number of carbonyl (C=O) groups is 1. The topological polar surface area (TPSA) is 93.1 Å². The van der Waals surface area contributed by atoms with Crippen molar-refractivity contribution >= 4 is 15.8 Å². The first kappa shape index (κ1) is 27.6. The van der Waals surface area contributed by atoms with Gasteiger partial charge in [0, 0.05) is 30.8 Å². The van der Waals surface area contributed by atoms with Crippen LogP contribution in [0, 0.1) is 11.6 Å². The number of rotatable bonds is 7. The summed E-state index contributed by atoms with van der Waals surface area (Å²) in [4.78, 5) is 23.0. The third-order valence-corrected chi connectivity index (χ3v) is 8.23. The van der Waals surface area contributed by atoms with Gasteiger partial charge in [0.2, 0.25) is 15.8 Å². The van der Waals surface area contributed by atoms with Gasteiger partial charge < -0.3 is 0 Å². The Morgan fingerprint density at radius 1 is 1.05 bits per heavy atom. The third kappa shape index (κ3) is 5.55. The molecule has 0 amide bonds. The summed E-state index contributed by atoms with van der Waals surface area (Å²) in [6.45, 7) is 1.32. The Kier molecular flexibility index (Phi) is 7.57. The first-order chi connectivity index (χ1) is 17.8. The van der Waals surface area contributed by atoms with Crippen LogP contribution in [-0.2, 0) is 27.4 Å². The number of hydrogen-bond acceptors (Lipinski definition) is 6. The van der Waals surface area contributed by atoms with E-state index in [9.17, 15) is 39.6 Å². The van der Waals surface area contributed by atoms with Crippen molar-refractivity contribution in [2.75, 3.05) is 0 Å². The lowest BCUT2D eigenvalue weighted by atomic mass is 10.0. The molecule has 14 heteroatoms. The van der Waals surface area contributed by atoms with Gasteiger partial charge in [-0.3, -0.25) is 9.78 Å². The van der Waals surface area contributed by atoms with Crippen LogP contribution in [0.4, 0.5) is 26.3 Å². The van der Waals surface area contributed by atoms with Crippen molar-refractivity contribution < 1.29 is 39.6 Å². The van der Waals surface area contributed by atoms with Crippen molar-refractivity contribution in [2.45, 2.75) is 55.5 Å². The van der Waals surface area contributed by atoms with Gasteiger partial charge in [-0.15, -0.1) is 0 Å². The van der Waals surface area contributed by atoms with Crippen LogP contribution in [0.15, 0.2) is 53.8 Å². The van der Waals surface area contributed by atoms with E-state index in [1.165, 1.54) is 13.0 Å². The zero-order chi connectivity index (χ0) is 27.8. The number of aryl methyl sites for hydroxylation is 1. The second kappa shape index (κ2) is 10.4. The molecule has 3 atom stereocenters. The Labute approximate surface area is 213 Å². The smallest absolute Gasteiger partial charge is 0.298 e. The number of ketones is 1. The highest BCUT2D eigenvalue weighted by atomic mass is 32.2. The van der Waals surface area contributed by atoms with Crippen molar-refractivity contribution in [1.82, 2.24) is 19.3 Å². The van der Waals surface area contributed by atoms with Crippen LogP contribution < -0.4 is 0 Å². The number of hydrogen-bond donors (Lipinski definition) is 0. The molecule has 0 N–H and O–H groups in total. The average Bonchev–Trinajstić information content (AvgIpc) is 3.18. The van der Waals surface area contributed by atoms with Gasteiger partial charge in [0.15, 0.2) is 5.78 Å². The molecule has 1 fully saturated rings. The number of pyridine rings is 1. The van der Waals surface area contributed by atoms with Crippen molar-refractivity contribution in [1.29, 1.82) is 0 Å². The number of nitrogens with zero attached hydrogens (tertiary/aromatic N) is 4. The van der Waals surface area contributed by atoms with Crippen LogP contribution in [0.5, 0.6) is 0 Å². The van der Waals surface area contributed by atoms with Crippen molar-refractivity contribution in [3.05, 3.63) is 71.9 Å². The molecule has 1 aliphatic rings. The number of Topliss-reactive ketones (excluding diaryl/α,β-unsaturated/α-hetero) is 1. The Morgan fingerprint density at radius 2 is 1.68 bits per heavy atom. The Hall–Kier alpha value is -3.39. The van der Waals surface area contributed by atoms with E-state index >= 15 is 0 Å². The Bertz CT molecular complexity index is 1430. The van der Waals surface area contributed by atoms with Gasteiger partial charge in [-0.1, -0.05) is 0 Å². The third-order valence-electron chi connectivity index (χ3n) is 6.22. The second-order valence-corrected chi connectivity index (χ2v) is 10.6. The van der Waals surface area contributed by atoms with Crippen LogP contribution in [0.25, 0.3) is 11.3 Å². The van der Waals surface area contributed by atoms with Crippen molar-refractivity contribution in [2.24, 2.45) is 0 Å². The lowest BCUT2D eigenvalue weighted by molar-refractivity contribution is -0.145. The summed E-state index contributed by atoms with van der Waals surface area (Å²) in [6, 6.07) is 2.60. The lowest BCUT2D eigenvalue weighted by Gasteiger charge is -2.26. The number of halogens is 6. The first-order valence-electron chi connectivity index (χ1n) is 11.3. The molecule has 2 aromatic heterocycles. The van der Waals surface area contributed by atoms with Gasteiger partial charge in [0.25, 0.3) is 0 Å². The highest BCUT2D eigenvalue weighted by Gasteiger charge is 2.48. The number of sulfonamides is 1. The summed E-state index contributed by atoms with van der Waals surface area (Å²) in [7, 11) is -4.35. The van der Waals surface area contributed by atoms with E-state index in [-0.39, 0.29) is 34.6 Å². The maximum atomic E-state index is 14.6. The van der Waals surface area contributed by atoms with Crippen molar-refractivity contribution in [3.63, 3.8) is 0 Å². The van der Waals surface area contributed by atoms with Gasteiger partial charge in [0.05, 0.1) is 28.9 Å². The largest absolute Gasteiger partial charge is 0.451 e.